The molecule has 0 bridgehead atoms. The molecule has 0 spiro atoms. The summed E-state index contributed by atoms with van der Waals surface area (Å²) in [6.45, 7) is 12.8. The third-order valence-electron chi connectivity index (χ3n) is 5.77. The van der Waals surface area contributed by atoms with Crippen molar-refractivity contribution in [1.29, 1.82) is 0 Å². The second-order valence-corrected chi connectivity index (χ2v) is 10.9. The summed E-state index contributed by atoms with van der Waals surface area (Å²) in [4.78, 5) is 23.5. The van der Waals surface area contributed by atoms with E-state index < -0.39 is 10.0 Å². The molecule has 0 N–H and O–H groups in total. The highest BCUT2D eigenvalue weighted by Crippen LogP contribution is 2.29. The lowest BCUT2D eigenvalue weighted by Crippen LogP contribution is -2.51. The zero-order chi connectivity index (χ0) is 22.9. The predicted octanol–water partition coefficient (Wildman–Crippen LogP) is 2.95. The summed E-state index contributed by atoms with van der Waals surface area (Å²) in [7, 11) is -3.61. The Morgan fingerprint density at radius 1 is 0.903 bits per heavy atom. The van der Waals surface area contributed by atoms with E-state index in [1.165, 1.54) is 16.1 Å². The number of aromatic nitrogens is 2. The Hall–Kier alpha value is -1.97. The van der Waals surface area contributed by atoms with Crippen LogP contribution in [-0.2, 0) is 14.8 Å². The first-order valence-electron chi connectivity index (χ1n) is 10.3. The number of aryl methyl sites for hydroxylation is 4. The molecular formula is C22H30N4O3S2. The molecule has 2 aromatic rings. The minimum Gasteiger partial charge on any atom is -0.339 e. The molecule has 1 amide bonds. The van der Waals surface area contributed by atoms with E-state index in [9.17, 15) is 13.2 Å². The fourth-order valence-corrected chi connectivity index (χ4v) is 6.70. The Kier molecular flexibility index (Phi) is 7.08. The standard InChI is InChI=1S/C22H30N4O3S2/c1-14-11-15(2)19(6)21(18(14)5)31(28,29)26-9-7-25(8-10-26)20(27)13-30-22-23-16(3)12-17(4)24-22/h11-12H,7-10,13H2,1-6H3. The van der Waals surface area contributed by atoms with Crippen molar-refractivity contribution in [3.63, 3.8) is 0 Å². The van der Waals surface area contributed by atoms with Gasteiger partial charge in [-0.2, -0.15) is 4.31 Å². The molecular weight excluding hydrogens is 432 g/mol. The first kappa shape index (κ1) is 23.7. The van der Waals surface area contributed by atoms with Crippen LogP contribution >= 0.6 is 11.8 Å². The number of carbonyl (C=O) groups is 1. The molecule has 0 atom stereocenters. The van der Waals surface area contributed by atoms with Crippen LogP contribution in [0, 0.1) is 41.5 Å². The Morgan fingerprint density at radius 3 is 1.94 bits per heavy atom. The van der Waals surface area contributed by atoms with Crippen LogP contribution in [0.5, 0.6) is 0 Å². The first-order valence-corrected chi connectivity index (χ1v) is 12.7. The molecule has 3 rings (SSSR count). The van der Waals surface area contributed by atoms with Gasteiger partial charge in [-0.15, -0.1) is 0 Å². The Bertz CT molecular complexity index is 1060. The fourth-order valence-electron chi connectivity index (χ4n) is 3.85. The largest absolute Gasteiger partial charge is 0.339 e. The molecule has 0 radical (unpaired) electrons. The maximum Gasteiger partial charge on any atom is 0.243 e. The molecule has 1 aliphatic heterocycles. The van der Waals surface area contributed by atoms with Crippen LogP contribution in [0.3, 0.4) is 0 Å². The maximum atomic E-state index is 13.4. The zero-order valence-electron chi connectivity index (χ0n) is 19.0. The van der Waals surface area contributed by atoms with E-state index in [-0.39, 0.29) is 11.7 Å². The molecule has 1 aromatic carbocycles. The lowest BCUT2D eigenvalue weighted by molar-refractivity contribution is -0.129. The number of rotatable bonds is 5. The molecule has 0 unspecified atom stereocenters. The first-order chi connectivity index (χ1) is 14.5. The van der Waals surface area contributed by atoms with E-state index in [1.54, 1.807) is 4.90 Å². The van der Waals surface area contributed by atoms with Gasteiger partial charge in [0.15, 0.2) is 5.16 Å². The van der Waals surface area contributed by atoms with Crippen LogP contribution in [0.4, 0.5) is 0 Å². The number of thioether (sulfide) groups is 1. The number of hydrogen-bond acceptors (Lipinski definition) is 6. The number of piperazine rings is 1. The van der Waals surface area contributed by atoms with Gasteiger partial charge in [0.2, 0.25) is 15.9 Å². The van der Waals surface area contributed by atoms with Crippen LogP contribution in [0.25, 0.3) is 0 Å². The minimum atomic E-state index is -3.61. The zero-order valence-corrected chi connectivity index (χ0v) is 20.7. The van der Waals surface area contributed by atoms with E-state index in [4.69, 9.17) is 0 Å². The average Bonchev–Trinajstić information content (AvgIpc) is 2.70. The summed E-state index contributed by atoms with van der Waals surface area (Å²) in [5, 5.41) is 0.591. The highest BCUT2D eigenvalue weighted by Gasteiger charge is 2.32. The van der Waals surface area contributed by atoms with Crippen molar-refractivity contribution in [3.05, 3.63) is 45.8 Å². The Morgan fingerprint density at radius 2 is 1.42 bits per heavy atom. The van der Waals surface area contributed by atoms with Crippen molar-refractivity contribution in [2.75, 3.05) is 31.9 Å². The average molecular weight is 463 g/mol. The number of carbonyl (C=O) groups excluding carboxylic acids is 1. The summed E-state index contributed by atoms with van der Waals surface area (Å²) in [6.07, 6.45) is 0. The number of amides is 1. The van der Waals surface area contributed by atoms with E-state index in [1.807, 2.05) is 53.7 Å². The number of nitrogens with zero attached hydrogens (tertiary/aromatic N) is 4. The van der Waals surface area contributed by atoms with E-state index in [2.05, 4.69) is 9.97 Å². The van der Waals surface area contributed by atoms with Crippen LogP contribution in [0.2, 0.25) is 0 Å². The van der Waals surface area contributed by atoms with Crippen molar-refractivity contribution >= 4 is 27.7 Å². The second-order valence-electron chi connectivity index (χ2n) is 8.10. The highest BCUT2D eigenvalue weighted by molar-refractivity contribution is 7.99. The van der Waals surface area contributed by atoms with Gasteiger partial charge >= 0.3 is 0 Å². The lowest BCUT2D eigenvalue weighted by Gasteiger charge is -2.34. The van der Waals surface area contributed by atoms with Gasteiger partial charge in [0.05, 0.1) is 10.6 Å². The van der Waals surface area contributed by atoms with Gasteiger partial charge in [-0.25, -0.2) is 18.4 Å². The monoisotopic (exact) mass is 462 g/mol. The topological polar surface area (TPSA) is 83.5 Å². The molecule has 0 aliphatic carbocycles. The lowest BCUT2D eigenvalue weighted by atomic mass is 10.0. The summed E-state index contributed by atoms with van der Waals surface area (Å²) in [5.41, 5.74) is 5.29. The van der Waals surface area contributed by atoms with Gasteiger partial charge in [-0.3, -0.25) is 4.79 Å². The quantitative estimate of drug-likeness (QED) is 0.502. The molecule has 1 saturated heterocycles. The number of sulfonamides is 1. The van der Waals surface area contributed by atoms with E-state index in [0.29, 0.717) is 36.2 Å². The minimum absolute atomic E-state index is 0.0245. The molecule has 31 heavy (non-hydrogen) atoms. The van der Waals surface area contributed by atoms with Crippen molar-refractivity contribution in [1.82, 2.24) is 19.2 Å². The molecule has 168 valence electrons. The molecule has 2 heterocycles. The van der Waals surface area contributed by atoms with Crippen molar-refractivity contribution < 1.29 is 13.2 Å². The third kappa shape index (κ3) is 5.10. The molecule has 9 heteroatoms. The molecule has 1 aliphatic rings. The summed E-state index contributed by atoms with van der Waals surface area (Å²) < 4.78 is 28.3. The van der Waals surface area contributed by atoms with E-state index in [0.717, 1.165) is 33.6 Å². The summed E-state index contributed by atoms with van der Waals surface area (Å²) in [5.74, 6) is 0.217. The van der Waals surface area contributed by atoms with Gasteiger partial charge in [-0.05, 0) is 69.9 Å². The van der Waals surface area contributed by atoms with Crippen LogP contribution in [0.1, 0.15) is 33.6 Å². The molecule has 0 saturated carbocycles. The Labute approximate surface area is 189 Å². The third-order valence-corrected chi connectivity index (χ3v) is 8.78. The van der Waals surface area contributed by atoms with Crippen LogP contribution < -0.4 is 0 Å². The molecule has 7 nitrogen and oxygen atoms in total. The predicted molar refractivity (Wildman–Crippen MR) is 123 cm³/mol. The van der Waals surface area contributed by atoms with Crippen LogP contribution in [0.15, 0.2) is 22.2 Å². The highest BCUT2D eigenvalue weighted by atomic mass is 32.2. The van der Waals surface area contributed by atoms with Gasteiger partial charge in [-0.1, -0.05) is 17.8 Å². The van der Waals surface area contributed by atoms with Gasteiger partial charge < -0.3 is 4.90 Å². The second kappa shape index (κ2) is 9.26. The van der Waals surface area contributed by atoms with Gasteiger partial charge in [0.25, 0.3) is 0 Å². The molecule has 1 fully saturated rings. The Balaban J connectivity index is 1.66. The number of hydrogen-bond donors (Lipinski definition) is 0. The fraction of sp³-hybridized carbons (Fsp3) is 0.500. The summed E-state index contributed by atoms with van der Waals surface area (Å²) in [6, 6.07) is 3.92. The normalized spacial score (nSPS) is 15.4. The van der Waals surface area contributed by atoms with Crippen molar-refractivity contribution in [3.8, 4) is 0 Å². The summed E-state index contributed by atoms with van der Waals surface area (Å²) >= 11 is 1.32. The SMILES string of the molecule is Cc1cc(C)nc(SCC(=O)N2CCN(S(=O)(=O)c3c(C)c(C)cc(C)c3C)CC2)n1. The van der Waals surface area contributed by atoms with Crippen LogP contribution in [-0.4, -0.2) is 65.4 Å². The van der Waals surface area contributed by atoms with Gasteiger partial charge in [0.1, 0.15) is 0 Å². The smallest absolute Gasteiger partial charge is 0.243 e. The molecule has 1 aromatic heterocycles. The maximum absolute atomic E-state index is 13.4. The van der Waals surface area contributed by atoms with Crippen molar-refractivity contribution in [2.45, 2.75) is 51.6 Å². The van der Waals surface area contributed by atoms with E-state index >= 15 is 0 Å². The number of benzene rings is 1. The van der Waals surface area contributed by atoms with Crippen molar-refractivity contribution in [2.24, 2.45) is 0 Å². The van der Waals surface area contributed by atoms with Gasteiger partial charge in [0, 0.05) is 37.6 Å².